The summed E-state index contributed by atoms with van der Waals surface area (Å²) in [6.45, 7) is 1.75. The molecule has 3 atom stereocenters. The third-order valence-electron chi connectivity index (χ3n) is 5.16. The van der Waals surface area contributed by atoms with Crippen molar-refractivity contribution in [3.63, 3.8) is 0 Å². The SMILES string of the molecule is CO/N=C(\C(=O)NC1(C=S)C(=O)N2C(C(=O)O)=C(c3nnnn3C)[C@H](C)S[C@H]21)c1csc(N)n1. The molecule has 0 aromatic carbocycles. The highest BCUT2D eigenvalue weighted by Crippen LogP contribution is 2.50. The summed E-state index contributed by atoms with van der Waals surface area (Å²) >= 11 is 7.47. The number of amides is 2. The molecule has 0 radical (unpaired) electrons. The molecule has 0 saturated carbocycles. The van der Waals surface area contributed by atoms with Crippen LogP contribution in [0.3, 0.4) is 0 Å². The van der Waals surface area contributed by atoms with Gasteiger partial charge in [-0.3, -0.25) is 14.5 Å². The molecule has 1 saturated heterocycles. The highest BCUT2D eigenvalue weighted by molar-refractivity contribution is 8.01. The van der Waals surface area contributed by atoms with Gasteiger partial charge in [0.05, 0.1) is 0 Å². The lowest BCUT2D eigenvalue weighted by atomic mass is 9.87. The Hall–Kier alpha value is -3.44. The number of thiocarbonyl (C=S) groups is 1. The van der Waals surface area contributed by atoms with E-state index in [4.69, 9.17) is 22.8 Å². The first-order chi connectivity index (χ1) is 16.2. The van der Waals surface area contributed by atoms with Gasteiger partial charge in [0.1, 0.15) is 23.9 Å². The van der Waals surface area contributed by atoms with Crippen LogP contribution in [0.2, 0.25) is 0 Å². The molecular formula is C17H17N9O5S3. The molecule has 4 heterocycles. The molecule has 2 aliphatic rings. The third kappa shape index (κ3) is 3.51. The maximum Gasteiger partial charge on any atom is 0.353 e. The summed E-state index contributed by atoms with van der Waals surface area (Å²) in [7, 11) is 2.81. The summed E-state index contributed by atoms with van der Waals surface area (Å²) in [5.41, 5.74) is 3.91. The Morgan fingerprint density at radius 3 is 2.74 bits per heavy atom. The largest absolute Gasteiger partial charge is 0.477 e. The number of nitrogens with one attached hydrogen (secondary N) is 1. The Labute approximate surface area is 205 Å². The number of hydrogen-bond acceptors (Lipinski definition) is 13. The van der Waals surface area contributed by atoms with Crippen molar-refractivity contribution in [3.8, 4) is 0 Å². The molecule has 0 bridgehead atoms. The molecule has 17 heteroatoms. The number of rotatable bonds is 7. The van der Waals surface area contributed by atoms with Crippen molar-refractivity contribution < 1.29 is 24.3 Å². The molecule has 178 valence electrons. The third-order valence-corrected chi connectivity index (χ3v) is 7.69. The number of thioether (sulfide) groups is 1. The number of carbonyl (C=O) groups excluding carboxylic acids is 2. The average Bonchev–Trinajstić information content (AvgIpc) is 3.42. The van der Waals surface area contributed by atoms with Crippen LogP contribution in [0.1, 0.15) is 18.4 Å². The van der Waals surface area contributed by atoms with Gasteiger partial charge in [0.2, 0.25) is 0 Å². The Bertz CT molecular complexity index is 1270. The monoisotopic (exact) mass is 523 g/mol. The second kappa shape index (κ2) is 8.73. The number of anilines is 1. The molecule has 4 N–H and O–H groups in total. The van der Waals surface area contributed by atoms with E-state index in [-0.39, 0.29) is 33.6 Å². The van der Waals surface area contributed by atoms with E-state index in [2.05, 4.69) is 31.0 Å². The lowest BCUT2D eigenvalue weighted by Gasteiger charge is -2.56. The number of fused-ring (bicyclic) bond motifs is 1. The van der Waals surface area contributed by atoms with Crippen LogP contribution in [0, 0.1) is 0 Å². The molecule has 2 aromatic rings. The minimum atomic E-state index is -1.67. The van der Waals surface area contributed by atoms with Gasteiger partial charge in [0.15, 0.2) is 22.2 Å². The van der Waals surface area contributed by atoms with Crippen LogP contribution in [0.5, 0.6) is 0 Å². The normalized spacial score (nSPS) is 24.4. The van der Waals surface area contributed by atoms with Crippen molar-refractivity contribution in [1.82, 2.24) is 35.4 Å². The highest BCUT2D eigenvalue weighted by Gasteiger charge is 2.66. The van der Waals surface area contributed by atoms with Gasteiger partial charge in [0.25, 0.3) is 11.8 Å². The number of carboxylic acid groups (broad SMARTS) is 1. The number of carboxylic acids is 1. The van der Waals surface area contributed by atoms with Crippen molar-refractivity contribution in [2.24, 2.45) is 12.2 Å². The van der Waals surface area contributed by atoms with Crippen molar-refractivity contribution in [2.45, 2.75) is 23.1 Å². The number of β-lactam (4-membered cyclic amide) rings is 1. The molecule has 2 amide bonds. The summed E-state index contributed by atoms with van der Waals surface area (Å²) in [6, 6.07) is 0. The lowest BCUT2D eigenvalue weighted by Crippen LogP contribution is -2.81. The molecule has 4 rings (SSSR count). The van der Waals surface area contributed by atoms with Crippen LogP contribution < -0.4 is 11.1 Å². The van der Waals surface area contributed by atoms with Crippen LogP contribution in [0.4, 0.5) is 5.13 Å². The van der Waals surface area contributed by atoms with Crippen molar-refractivity contribution >= 4 is 74.9 Å². The summed E-state index contributed by atoms with van der Waals surface area (Å²) in [5.74, 6) is -2.64. The zero-order valence-corrected chi connectivity index (χ0v) is 20.3. The molecule has 34 heavy (non-hydrogen) atoms. The predicted molar refractivity (Wildman–Crippen MR) is 126 cm³/mol. The van der Waals surface area contributed by atoms with Crippen LogP contribution >= 0.6 is 35.3 Å². The lowest BCUT2D eigenvalue weighted by molar-refractivity contribution is -0.153. The fraction of sp³-hybridized carbons (Fsp3) is 0.353. The van der Waals surface area contributed by atoms with Crippen molar-refractivity contribution in [3.05, 3.63) is 22.6 Å². The molecule has 0 aliphatic carbocycles. The number of nitrogens with zero attached hydrogens (tertiary/aromatic N) is 7. The fourth-order valence-corrected chi connectivity index (χ4v) is 6.10. The number of aliphatic carboxylic acids is 1. The standard InChI is InChI=1S/C17H17N9O5S3/c1-6-8(11-21-23-24-25(11)2)10(13(28)29)26-14(30)17(5-32,15(26)34-6)20-12(27)9(22-31-3)7-4-33-16(18)19-7/h4-6,15H,1-3H3,(H2,18,19)(H,20,27)(H,28,29)/b22-9-/t6-,15-,17?/m0/s1. The maximum absolute atomic E-state index is 13.4. The van der Waals surface area contributed by atoms with Crippen LogP contribution in [-0.2, 0) is 26.3 Å². The molecular weight excluding hydrogens is 506 g/mol. The highest BCUT2D eigenvalue weighted by atomic mass is 32.2. The molecule has 1 unspecified atom stereocenters. The number of aryl methyl sites for hydroxylation is 1. The Balaban J connectivity index is 1.72. The van der Waals surface area contributed by atoms with Gasteiger partial charge >= 0.3 is 5.97 Å². The first kappa shape index (κ1) is 23.7. The summed E-state index contributed by atoms with van der Waals surface area (Å²) in [4.78, 5) is 48.6. The zero-order valence-electron chi connectivity index (χ0n) is 17.8. The second-order valence-corrected chi connectivity index (χ2v) is 9.68. The number of tetrazole rings is 1. The number of nitrogens with two attached hydrogens (primary N) is 1. The van der Waals surface area contributed by atoms with Gasteiger partial charge in [-0.15, -0.1) is 28.2 Å². The number of nitrogen functional groups attached to an aromatic ring is 1. The molecule has 14 nitrogen and oxygen atoms in total. The Morgan fingerprint density at radius 1 is 1.47 bits per heavy atom. The molecule has 1 fully saturated rings. The number of thiazole rings is 1. The van der Waals surface area contributed by atoms with E-state index in [0.29, 0.717) is 0 Å². The van der Waals surface area contributed by atoms with Crippen molar-refractivity contribution in [2.75, 3.05) is 12.8 Å². The average molecular weight is 524 g/mol. The van der Waals surface area contributed by atoms with Crippen molar-refractivity contribution in [1.29, 1.82) is 0 Å². The van der Waals surface area contributed by atoms with E-state index in [0.717, 1.165) is 21.6 Å². The van der Waals surface area contributed by atoms with Crippen LogP contribution in [0.15, 0.2) is 16.2 Å². The first-order valence-electron chi connectivity index (χ1n) is 9.47. The molecule has 0 spiro atoms. The Kier molecular flexibility index (Phi) is 6.09. The van der Waals surface area contributed by atoms with Gasteiger partial charge in [-0.05, 0) is 17.4 Å². The minimum Gasteiger partial charge on any atom is -0.477 e. The predicted octanol–water partition coefficient (Wildman–Crippen LogP) is -0.746. The van der Waals surface area contributed by atoms with Crippen LogP contribution in [-0.4, -0.2) is 87.3 Å². The van der Waals surface area contributed by atoms with E-state index < -0.39 is 33.9 Å². The number of hydrogen-bond donors (Lipinski definition) is 3. The fourth-order valence-electron chi connectivity index (χ4n) is 3.68. The van der Waals surface area contributed by atoms with E-state index in [1.807, 2.05) is 0 Å². The minimum absolute atomic E-state index is 0.151. The van der Waals surface area contributed by atoms with Gasteiger partial charge in [0, 0.05) is 28.6 Å². The number of carbonyl (C=O) groups is 3. The van der Waals surface area contributed by atoms with Gasteiger partial charge in [-0.1, -0.05) is 17.4 Å². The molecule has 2 aromatic heterocycles. The van der Waals surface area contributed by atoms with Gasteiger partial charge in [-0.2, -0.15) is 0 Å². The quantitative estimate of drug-likeness (QED) is 0.178. The summed E-state index contributed by atoms with van der Waals surface area (Å²) in [6.07, 6.45) is 0. The summed E-state index contributed by atoms with van der Waals surface area (Å²) in [5, 5.41) is 29.0. The van der Waals surface area contributed by atoms with E-state index in [9.17, 15) is 19.5 Å². The van der Waals surface area contributed by atoms with E-state index in [1.165, 1.54) is 28.9 Å². The smallest absolute Gasteiger partial charge is 0.353 e. The Morgan fingerprint density at radius 2 is 2.21 bits per heavy atom. The topological polar surface area (TPSA) is 191 Å². The molecule has 2 aliphatic heterocycles. The first-order valence-corrected chi connectivity index (χ1v) is 11.8. The van der Waals surface area contributed by atoms with Gasteiger partial charge in [-0.25, -0.2) is 14.5 Å². The number of aromatic nitrogens is 5. The van der Waals surface area contributed by atoms with E-state index in [1.54, 1.807) is 14.0 Å². The second-order valence-electron chi connectivity index (χ2n) is 7.13. The summed E-state index contributed by atoms with van der Waals surface area (Å²) < 4.78 is 1.32. The zero-order chi connectivity index (χ0) is 24.8. The van der Waals surface area contributed by atoms with E-state index >= 15 is 0 Å². The van der Waals surface area contributed by atoms with Gasteiger partial charge < -0.3 is 21.0 Å². The number of oxime groups is 1. The van der Waals surface area contributed by atoms with Crippen LogP contribution in [0.25, 0.3) is 5.57 Å². The maximum atomic E-state index is 13.4.